The summed E-state index contributed by atoms with van der Waals surface area (Å²) in [7, 11) is 4.77. The molecule has 0 unspecified atom stereocenters. The van der Waals surface area contributed by atoms with Gasteiger partial charge in [-0.3, -0.25) is 38.8 Å². The van der Waals surface area contributed by atoms with Crippen LogP contribution >= 0.6 is 0 Å². The summed E-state index contributed by atoms with van der Waals surface area (Å²) in [4.78, 5) is 73.8. The van der Waals surface area contributed by atoms with E-state index >= 15 is 0 Å². The van der Waals surface area contributed by atoms with Crippen LogP contribution in [0.25, 0.3) is 22.1 Å². The number of primary amides is 1. The molecule has 1 aliphatic heterocycles. The van der Waals surface area contributed by atoms with E-state index in [-0.39, 0.29) is 36.7 Å². The van der Waals surface area contributed by atoms with Crippen LogP contribution in [0.4, 0.5) is 16.7 Å². The molecular formula is C50H68N14O8. The quantitative estimate of drug-likeness (QED) is 0.0615. The minimum Gasteiger partial charge on any atom is -0.494 e. The van der Waals surface area contributed by atoms with Gasteiger partial charge in [0.2, 0.25) is 17.8 Å². The van der Waals surface area contributed by atoms with Crippen molar-refractivity contribution in [2.45, 2.75) is 80.2 Å². The number of aryl methyl sites for hydroxylation is 4. The van der Waals surface area contributed by atoms with Crippen LogP contribution in [0.1, 0.15) is 87.7 Å². The van der Waals surface area contributed by atoms with Gasteiger partial charge >= 0.3 is 6.09 Å². The highest BCUT2D eigenvalue weighted by Gasteiger charge is 2.26. The van der Waals surface area contributed by atoms with E-state index < -0.39 is 11.5 Å². The Morgan fingerprint density at radius 2 is 1.35 bits per heavy atom. The summed E-state index contributed by atoms with van der Waals surface area (Å²) in [5.41, 5.74) is 15.2. The number of nitrogens with one attached hydrogen (secondary N) is 2. The number of anilines is 2. The number of aromatic nitrogens is 8. The molecule has 5 heterocycles. The fourth-order valence-corrected chi connectivity index (χ4v) is 7.88. The van der Waals surface area contributed by atoms with E-state index in [9.17, 15) is 24.0 Å². The maximum absolute atomic E-state index is 13.5. The Balaban J connectivity index is 0.000000708. The first-order chi connectivity index (χ1) is 34.5. The van der Waals surface area contributed by atoms with Crippen LogP contribution in [0.3, 0.4) is 0 Å². The van der Waals surface area contributed by atoms with Crippen LogP contribution in [0.15, 0.2) is 60.7 Å². The van der Waals surface area contributed by atoms with E-state index in [2.05, 4.69) is 31.5 Å². The average molecular weight is 993 g/mol. The molecule has 7 rings (SSSR count). The number of benzene rings is 2. The Hall–Kier alpha value is -7.85. The summed E-state index contributed by atoms with van der Waals surface area (Å²) in [6.07, 6.45) is 9.04. The average Bonchev–Trinajstić information content (AvgIpc) is 4.14. The number of ether oxygens (including phenoxy) is 3. The number of carbonyl (C=O) groups excluding carboxylic acids is 5. The molecule has 0 spiro atoms. The number of aldehydes is 2. The molecule has 6 N–H and O–H groups in total. The molecule has 386 valence electrons. The van der Waals surface area contributed by atoms with Gasteiger partial charge in [-0.2, -0.15) is 10.2 Å². The minimum absolute atomic E-state index is 0.222. The predicted octanol–water partition coefficient (Wildman–Crippen LogP) is 5.47. The van der Waals surface area contributed by atoms with Crippen molar-refractivity contribution in [2.75, 3.05) is 71.2 Å². The Morgan fingerprint density at radius 3 is 1.93 bits per heavy atom. The Morgan fingerprint density at radius 1 is 0.750 bits per heavy atom. The number of allylic oxidation sites excluding steroid dienone is 2. The smallest absolute Gasteiger partial charge is 0.410 e. The molecular weight excluding hydrogens is 925 g/mol. The molecule has 6 aromatic rings. The molecule has 0 aliphatic carbocycles. The number of nitrogens with two attached hydrogens (primary N) is 2. The van der Waals surface area contributed by atoms with E-state index in [0.29, 0.717) is 94.9 Å². The van der Waals surface area contributed by atoms with Crippen molar-refractivity contribution in [3.8, 4) is 11.5 Å². The number of rotatable bonds is 18. The van der Waals surface area contributed by atoms with Crippen molar-refractivity contribution in [3.05, 3.63) is 94.6 Å². The third kappa shape index (κ3) is 13.7. The fraction of sp³-hybridized carbons (Fsp3) is 0.420. The lowest BCUT2D eigenvalue weighted by Gasteiger charge is -2.35. The number of imidazole rings is 2. The van der Waals surface area contributed by atoms with Crippen molar-refractivity contribution in [2.24, 2.45) is 11.5 Å². The zero-order valence-electron chi connectivity index (χ0n) is 42.9. The molecule has 1 aliphatic rings. The standard InChI is InChI=1S/C42H53N11O7.C7H10N2O.CH5N/c1-8-53-32(21-27(2)48-53)38(56)47-40-46-30-22-28(26-54)23-33(58-7)35(30)52(40)15-10-9-14-51-36-31(45-39(51)44-6)24-29(37(43)55)25-34(36)59-20-12-11-13-49-16-18-50(19-17-49)41(57)60-42(3,4)5;1-3-9-7(5-10)4-6(2)8-9;1-2/h9-12,21-26H,8,13-20H2,1-7H3,(H2,43,55)(H,44,45)(H,46,47,56);4-5H,3H2,1-2H3;2H2,1H3/b10-9+,12-11+;;. The molecule has 22 nitrogen and oxygen atoms in total. The molecule has 1 saturated heterocycles. The lowest BCUT2D eigenvalue weighted by atomic mass is 10.1. The van der Waals surface area contributed by atoms with E-state index in [1.165, 1.54) is 14.2 Å². The van der Waals surface area contributed by atoms with Gasteiger partial charge in [0.15, 0.2) is 6.29 Å². The van der Waals surface area contributed by atoms with Crippen molar-refractivity contribution in [1.82, 2.24) is 48.5 Å². The Bertz CT molecular complexity index is 2910. The Labute approximate surface area is 418 Å². The van der Waals surface area contributed by atoms with E-state index in [1.54, 1.807) is 57.7 Å². The lowest BCUT2D eigenvalue weighted by molar-refractivity contribution is 0.0153. The second kappa shape index (κ2) is 25.3. The topological polar surface area (TPSA) is 267 Å². The number of piperazine rings is 1. The normalized spacial score (nSPS) is 12.9. The number of hydrogen-bond donors (Lipinski definition) is 4. The second-order valence-electron chi connectivity index (χ2n) is 17.4. The molecule has 0 saturated carbocycles. The summed E-state index contributed by atoms with van der Waals surface area (Å²) in [5.74, 6) is 0.662. The number of nitrogens with zero attached hydrogens (tertiary/aromatic N) is 10. The molecule has 4 aromatic heterocycles. The van der Waals surface area contributed by atoms with Gasteiger partial charge < -0.3 is 45.0 Å². The van der Waals surface area contributed by atoms with Gasteiger partial charge in [0.25, 0.3) is 5.91 Å². The van der Waals surface area contributed by atoms with Crippen molar-refractivity contribution >= 4 is 64.4 Å². The van der Waals surface area contributed by atoms with Gasteiger partial charge in [0.05, 0.1) is 29.5 Å². The van der Waals surface area contributed by atoms with Gasteiger partial charge in [0.1, 0.15) is 52.4 Å². The van der Waals surface area contributed by atoms with Crippen LogP contribution in [0, 0.1) is 13.8 Å². The molecule has 0 radical (unpaired) electrons. The highest BCUT2D eigenvalue weighted by Crippen LogP contribution is 2.33. The zero-order chi connectivity index (χ0) is 52.7. The summed E-state index contributed by atoms with van der Waals surface area (Å²) in [5, 5.41) is 14.6. The van der Waals surface area contributed by atoms with E-state index in [0.717, 1.165) is 37.9 Å². The lowest BCUT2D eigenvalue weighted by Crippen LogP contribution is -2.49. The monoisotopic (exact) mass is 993 g/mol. The van der Waals surface area contributed by atoms with Crippen LogP contribution in [-0.4, -0.2) is 145 Å². The first-order valence-corrected chi connectivity index (χ1v) is 23.6. The van der Waals surface area contributed by atoms with Crippen LogP contribution in [-0.2, 0) is 30.9 Å². The van der Waals surface area contributed by atoms with E-state index in [1.807, 2.05) is 81.9 Å². The first kappa shape index (κ1) is 55.1. The van der Waals surface area contributed by atoms with Crippen molar-refractivity contribution < 1.29 is 38.2 Å². The summed E-state index contributed by atoms with van der Waals surface area (Å²) in [6, 6.07) is 10.0. The summed E-state index contributed by atoms with van der Waals surface area (Å²) < 4.78 is 24.5. The van der Waals surface area contributed by atoms with Crippen LogP contribution in [0.2, 0.25) is 0 Å². The third-order valence-electron chi connectivity index (χ3n) is 11.1. The largest absolute Gasteiger partial charge is 0.494 e. The number of amides is 3. The number of hydrogen-bond acceptors (Lipinski definition) is 15. The highest BCUT2D eigenvalue weighted by molar-refractivity contribution is 6.03. The minimum atomic E-state index is -0.608. The maximum Gasteiger partial charge on any atom is 0.410 e. The van der Waals surface area contributed by atoms with Crippen LogP contribution < -0.4 is 31.6 Å². The van der Waals surface area contributed by atoms with Gasteiger partial charge in [0, 0.05) is 77.1 Å². The van der Waals surface area contributed by atoms with Crippen molar-refractivity contribution in [1.29, 1.82) is 0 Å². The zero-order valence-corrected chi connectivity index (χ0v) is 42.9. The van der Waals surface area contributed by atoms with Gasteiger partial charge in [-0.15, -0.1) is 0 Å². The maximum atomic E-state index is 13.5. The molecule has 0 bridgehead atoms. The first-order valence-electron chi connectivity index (χ1n) is 23.6. The third-order valence-corrected chi connectivity index (χ3v) is 11.1. The predicted molar refractivity (Wildman–Crippen MR) is 276 cm³/mol. The second-order valence-corrected chi connectivity index (χ2v) is 17.4. The van der Waals surface area contributed by atoms with E-state index in [4.69, 9.17) is 29.9 Å². The molecule has 22 heteroatoms. The number of methoxy groups -OCH3 is 1. The SMILES string of the molecule is CCn1nc(C)cc1C(=O)Nc1nc2cc(C=O)cc(OC)c2n1C/C=C/Cn1c(NC)nc2cc(C(N)=O)cc(OC/C=C/CN3CCN(C(=O)OC(C)(C)C)CC3)c21.CCn1nc(C)cc1C=O.CN. The van der Waals surface area contributed by atoms with Crippen LogP contribution in [0.5, 0.6) is 11.5 Å². The molecule has 0 atom stereocenters. The molecule has 1 fully saturated rings. The van der Waals surface area contributed by atoms with Gasteiger partial charge in [-0.25, -0.2) is 14.8 Å². The number of fused-ring (bicyclic) bond motifs is 2. The highest BCUT2D eigenvalue weighted by atomic mass is 16.6. The summed E-state index contributed by atoms with van der Waals surface area (Å²) >= 11 is 0. The molecule has 3 amide bonds. The molecule has 72 heavy (non-hydrogen) atoms. The van der Waals surface area contributed by atoms with Gasteiger partial charge in [-0.1, -0.05) is 24.3 Å². The fourth-order valence-electron chi connectivity index (χ4n) is 7.88. The number of carbonyl (C=O) groups is 5. The van der Waals surface area contributed by atoms with Crippen molar-refractivity contribution in [3.63, 3.8) is 0 Å². The van der Waals surface area contributed by atoms with Gasteiger partial charge in [-0.05, 0) is 91.9 Å². The molecule has 2 aromatic carbocycles. The summed E-state index contributed by atoms with van der Waals surface area (Å²) in [6.45, 7) is 18.5. The Kier molecular flexibility index (Phi) is 19.4.